The Labute approximate surface area is 91.3 Å². The number of thiophene rings is 1. The highest BCUT2D eigenvalue weighted by Crippen LogP contribution is 2.25. The van der Waals surface area contributed by atoms with Crippen LogP contribution in [0.2, 0.25) is 0 Å². The van der Waals surface area contributed by atoms with Gasteiger partial charge >= 0.3 is 0 Å². The average Bonchev–Trinajstić information content (AvgIpc) is 2.66. The lowest BCUT2D eigenvalue weighted by Gasteiger charge is -2.08. The zero-order valence-electron chi connectivity index (χ0n) is 9.25. The summed E-state index contributed by atoms with van der Waals surface area (Å²) in [7, 11) is 0. The first-order valence-electron chi connectivity index (χ1n) is 5.62. The van der Waals surface area contributed by atoms with Crippen LogP contribution in [0.1, 0.15) is 55.3 Å². The second-order valence-electron chi connectivity index (χ2n) is 3.76. The zero-order valence-corrected chi connectivity index (χ0v) is 10.1. The SMILES string of the molecule is CCCCC[C@H](N)c1ccc(CC)s1. The van der Waals surface area contributed by atoms with E-state index in [1.165, 1.54) is 29.0 Å². The van der Waals surface area contributed by atoms with Crippen molar-refractivity contribution in [3.8, 4) is 0 Å². The monoisotopic (exact) mass is 211 g/mol. The first-order valence-corrected chi connectivity index (χ1v) is 6.43. The molecule has 0 aliphatic rings. The summed E-state index contributed by atoms with van der Waals surface area (Å²) < 4.78 is 0. The molecule has 0 amide bonds. The molecule has 1 rings (SSSR count). The molecule has 1 heterocycles. The Morgan fingerprint density at radius 1 is 1.29 bits per heavy atom. The van der Waals surface area contributed by atoms with Gasteiger partial charge in [0, 0.05) is 15.8 Å². The van der Waals surface area contributed by atoms with Gasteiger partial charge in [-0.25, -0.2) is 0 Å². The van der Waals surface area contributed by atoms with Gasteiger partial charge in [0.05, 0.1) is 0 Å². The largest absolute Gasteiger partial charge is 0.323 e. The second-order valence-corrected chi connectivity index (χ2v) is 4.96. The van der Waals surface area contributed by atoms with Gasteiger partial charge in [-0.3, -0.25) is 0 Å². The topological polar surface area (TPSA) is 26.0 Å². The molecule has 1 nitrogen and oxygen atoms in total. The van der Waals surface area contributed by atoms with Crippen LogP contribution >= 0.6 is 11.3 Å². The fourth-order valence-corrected chi connectivity index (χ4v) is 2.53. The number of nitrogens with two attached hydrogens (primary N) is 1. The summed E-state index contributed by atoms with van der Waals surface area (Å²) in [5, 5.41) is 0. The second kappa shape index (κ2) is 6.20. The van der Waals surface area contributed by atoms with Gasteiger partial charge in [-0.2, -0.15) is 0 Å². The van der Waals surface area contributed by atoms with Crippen molar-refractivity contribution in [1.29, 1.82) is 0 Å². The quantitative estimate of drug-likeness (QED) is 0.710. The highest BCUT2D eigenvalue weighted by molar-refractivity contribution is 7.12. The van der Waals surface area contributed by atoms with Gasteiger partial charge in [-0.1, -0.05) is 33.1 Å². The summed E-state index contributed by atoms with van der Waals surface area (Å²) in [5.74, 6) is 0. The molecule has 14 heavy (non-hydrogen) atoms. The summed E-state index contributed by atoms with van der Waals surface area (Å²) in [6, 6.07) is 4.67. The standard InChI is InChI=1S/C12H21NS/c1-3-5-6-7-11(13)12-9-8-10(4-2)14-12/h8-9,11H,3-7,13H2,1-2H3/t11-/m0/s1. The minimum atomic E-state index is 0.270. The Morgan fingerprint density at radius 3 is 2.64 bits per heavy atom. The first kappa shape index (κ1) is 11.7. The van der Waals surface area contributed by atoms with E-state index in [0.29, 0.717) is 0 Å². The Morgan fingerprint density at radius 2 is 2.07 bits per heavy atom. The van der Waals surface area contributed by atoms with Gasteiger partial charge in [0.25, 0.3) is 0 Å². The van der Waals surface area contributed by atoms with Crippen LogP contribution in [0.3, 0.4) is 0 Å². The van der Waals surface area contributed by atoms with Crippen LogP contribution in [0, 0.1) is 0 Å². The van der Waals surface area contributed by atoms with E-state index in [0.717, 1.165) is 12.8 Å². The molecule has 0 unspecified atom stereocenters. The lowest BCUT2D eigenvalue weighted by atomic mass is 10.1. The van der Waals surface area contributed by atoms with Crippen LogP contribution in [0.25, 0.3) is 0 Å². The minimum Gasteiger partial charge on any atom is -0.323 e. The molecule has 0 fully saturated rings. The van der Waals surface area contributed by atoms with Crippen molar-refractivity contribution >= 4 is 11.3 Å². The molecule has 0 radical (unpaired) electrons. The Hall–Kier alpha value is -0.340. The van der Waals surface area contributed by atoms with Crippen molar-refractivity contribution in [2.24, 2.45) is 5.73 Å². The van der Waals surface area contributed by atoms with Crippen molar-refractivity contribution in [1.82, 2.24) is 0 Å². The first-order chi connectivity index (χ1) is 6.77. The van der Waals surface area contributed by atoms with Crippen molar-refractivity contribution < 1.29 is 0 Å². The third-order valence-electron chi connectivity index (χ3n) is 2.52. The van der Waals surface area contributed by atoms with Gasteiger partial charge in [0.2, 0.25) is 0 Å². The van der Waals surface area contributed by atoms with E-state index in [1.807, 2.05) is 11.3 Å². The van der Waals surface area contributed by atoms with Gasteiger partial charge in [-0.05, 0) is 25.0 Å². The van der Waals surface area contributed by atoms with E-state index in [4.69, 9.17) is 5.73 Å². The van der Waals surface area contributed by atoms with Crippen LogP contribution in [-0.4, -0.2) is 0 Å². The molecule has 0 aliphatic carbocycles. The van der Waals surface area contributed by atoms with Crippen molar-refractivity contribution in [2.75, 3.05) is 0 Å². The summed E-state index contributed by atoms with van der Waals surface area (Å²) >= 11 is 1.87. The van der Waals surface area contributed by atoms with Crippen LogP contribution in [0.15, 0.2) is 12.1 Å². The van der Waals surface area contributed by atoms with E-state index < -0.39 is 0 Å². The molecule has 0 saturated heterocycles. The fraction of sp³-hybridized carbons (Fsp3) is 0.667. The average molecular weight is 211 g/mol. The lowest BCUT2D eigenvalue weighted by Crippen LogP contribution is -2.07. The fourth-order valence-electron chi connectivity index (χ4n) is 1.54. The molecule has 80 valence electrons. The van der Waals surface area contributed by atoms with E-state index in [2.05, 4.69) is 26.0 Å². The molecule has 2 N–H and O–H groups in total. The molecule has 0 saturated carbocycles. The lowest BCUT2D eigenvalue weighted by molar-refractivity contribution is 0.587. The smallest absolute Gasteiger partial charge is 0.0389 e. The molecule has 0 bridgehead atoms. The number of hydrogen-bond acceptors (Lipinski definition) is 2. The Bertz CT molecular complexity index is 255. The van der Waals surface area contributed by atoms with E-state index >= 15 is 0 Å². The van der Waals surface area contributed by atoms with E-state index in [-0.39, 0.29) is 6.04 Å². The molecule has 1 aromatic rings. The number of rotatable bonds is 6. The Kier molecular flexibility index (Phi) is 5.20. The van der Waals surface area contributed by atoms with Gasteiger partial charge < -0.3 is 5.73 Å². The predicted octanol–water partition coefficient (Wildman–Crippen LogP) is 3.89. The predicted molar refractivity (Wildman–Crippen MR) is 64.8 cm³/mol. The highest BCUT2D eigenvalue weighted by atomic mass is 32.1. The molecular formula is C12H21NS. The van der Waals surface area contributed by atoms with E-state index in [1.54, 1.807) is 0 Å². The number of unbranched alkanes of at least 4 members (excludes halogenated alkanes) is 2. The van der Waals surface area contributed by atoms with Crippen molar-refractivity contribution in [2.45, 2.75) is 52.0 Å². The highest BCUT2D eigenvalue weighted by Gasteiger charge is 2.07. The third kappa shape index (κ3) is 3.43. The van der Waals surface area contributed by atoms with Gasteiger partial charge in [0.15, 0.2) is 0 Å². The molecule has 0 aromatic carbocycles. The molecule has 1 atom stereocenters. The normalized spacial score (nSPS) is 13.1. The van der Waals surface area contributed by atoms with Gasteiger partial charge in [-0.15, -0.1) is 11.3 Å². The molecule has 1 aromatic heterocycles. The maximum absolute atomic E-state index is 6.11. The molecule has 2 heteroatoms. The zero-order chi connectivity index (χ0) is 10.4. The third-order valence-corrected chi connectivity index (χ3v) is 3.88. The minimum absolute atomic E-state index is 0.270. The van der Waals surface area contributed by atoms with Crippen molar-refractivity contribution in [3.63, 3.8) is 0 Å². The maximum atomic E-state index is 6.11. The molecule has 0 aliphatic heterocycles. The summed E-state index contributed by atoms with van der Waals surface area (Å²) in [4.78, 5) is 2.81. The van der Waals surface area contributed by atoms with Gasteiger partial charge in [0.1, 0.15) is 0 Å². The summed E-state index contributed by atoms with van der Waals surface area (Å²) in [6.07, 6.45) is 6.11. The van der Waals surface area contributed by atoms with Crippen LogP contribution in [0.5, 0.6) is 0 Å². The van der Waals surface area contributed by atoms with Crippen LogP contribution < -0.4 is 5.73 Å². The Balaban J connectivity index is 2.39. The molecular weight excluding hydrogens is 190 g/mol. The maximum Gasteiger partial charge on any atom is 0.0389 e. The van der Waals surface area contributed by atoms with Crippen molar-refractivity contribution in [3.05, 3.63) is 21.9 Å². The van der Waals surface area contributed by atoms with E-state index in [9.17, 15) is 0 Å². The van der Waals surface area contributed by atoms with Crippen LogP contribution in [-0.2, 0) is 6.42 Å². The number of aryl methyl sites for hydroxylation is 1. The number of hydrogen-bond donors (Lipinski definition) is 1. The molecule has 0 spiro atoms. The summed E-state index contributed by atoms with van der Waals surface area (Å²) in [6.45, 7) is 4.42. The van der Waals surface area contributed by atoms with Crippen LogP contribution in [0.4, 0.5) is 0 Å². The summed E-state index contributed by atoms with van der Waals surface area (Å²) in [5.41, 5.74) is 6.11.